The maximum atomic E-state index is 13.4. The van der Waals surface area contributed by atoms with E-state index < -0.39 is 106 Å². The quantitative estimate of drug-likeness (QED) is 0.133. The molecule has 14 heteroatoms. The summed E-state index contributed by atoms with van der Waals surface area (Å²) < 4.78 is 35.3. The summed E-state index contributed by atoms with van der Waals surface area (Å²) in [7, 11) is 0. The number of esters is 4. The molecule has 5 rings (SSSR count). The zero-order chi connectivity index (χ0) is 40.3. The summed E-state index contributed by atoms with van der Waals surface area (Å²) in [6.45, 7) is 15.7. The highest BCUT2D eigenvalue weighted by Gasteiger charge is 2.81. The molecular weight excluding hydrogens is 704 g/mol. The van der Waals surface area contributed by atoms with Crippen LogP contribution in [-0.2, 0) is 52.4 Å². The van der Waals surface area contributed by atoms with Gasteiger partial charge in [-0.05, 0) is 84.0 Å². The van der Waals surface area contributed by atoms with E-state index in [1.54, 1.807) is 13.8 Å². The number of ether oxygens (including phenoxy) is 6. The Hall–Kier alpha value is -3.17. The maximum absolute atomic E-state index is 13.4. The molecule has 0 unspecified atom stereocenters. The molecule has 3 saturated carbocycles. The summed E-state index contributed by atoms with van der Waals surface area (Å²) >= 11 is 0. The molecule has 14 nitrogen and oxygen atoms in total. The van der Waals surface area contributed by atoms with E-state index in [4.69, 9.17) is 28.4 Å². The zero-order valence-corrected chi connectivity index (χ0v) is 33.1. The Morgan fingerprint density at radius 3 is 2.02 bits per heavy atom. The van der Waals surface area contributed by atoms with E-state index in [9.17, 15) is 39.3 Å². The third-order valence-corrected chi connectivity index (χ3v) is 13.6. The van der Waals surface area contributed by atoms with Crippen molar-refractivity contribution in [3.05, 3.63) is 23.3 Å². The molecule has 13 atom stereocenters. The minimum atomic E-state index is -2.06. The molecule has 54 heavy (non-hydrogen) atoms. The van der Waals surface area contributed by atoms with Gasteiger partial charge in [-0.25, -0.2) is 4.79 Å². The number of carbonyl (C=O) groups excluding carboxylic acids is 5. The van der Waals surface area contributed by atoms with Crippen molar-refractivity contribution in [2.24, 2.45) is 22.7 Å². The lowest BCUT2D eigenvalue weighted by Gasteiger charge is -2.67. The Kier molecular flexibility index (Phi) is 11.4. The van der Waals surface area contributed by atoms with E-state index in [0.29, 0.717) is 19.3 Å². The van der Waals surface area contributed by atoms with Crippen LogP contribution in [0, 0.1) is 22.7 Å². The summed E-state index contributed by atoms with van der Waals surface area (Å²) in [5, 5.41) is 37.6. The first-order valence-corrected chi connectivity index (χ1v) is 19.0. The van der Waals surface area contributed by atoms with Crippen molar-refractivity contribution in [2.75, 3.05) is 0 Å². The van der Waals surface area contributed by atoms with E-state index in [1.807, 2.05) is 33.8 Å². The van der Waals surface area contributed by atoms with Crippen LogP contribution < -0.4 is 0 Å². The van der Waals surface area contributed by atoms with Crippen molar-refractivity contribution in [1.29, 1.82) is 0 Å². The molecule has 0 amide bonds. The molecule has 0 spiro atoms. The van der Waals surface area contributed by atoms with Crippen LogP contribution in [-0.4, -0.2) is 105 Å². The first-order valence-electron chi connectivity index (χ1n) is 19.0. The number of ketones is 1. The van der Waals surface area contributed by atoms with Crippen molar-refractivity contribution in [3.8, 4) is 0 Å². The van der Waals surface area contributed by atoms with Crippen LogP contribution in [0.3, 0.4) is 0 Å². The summed E-state index contributed by atoms with van der Waals surface area (Å²) in [5.74, 6) is -3.82. The fraction of sp³-hybridized carbons (Fsp3) is 0.775. The van der Waals surface area contributed by atoms with E-state index >= 15 is 0 Å². The fourth-order valence-electron chi connectivity index (χ4n) is 10.3. The molecular formula is C40H58O14. The summed E-state index contributed by atoms with van der Waals surface area (Å²) in [5.41, 5.74) is -6.59. The molecule has 302 valence electrons. The predicted molar refractivity (Wildman–Crippen MR) is 190 cm³/mol. The van der Waals surface area contributed by atoms with E-state index in [0.717, 1.165) is 11.1 Å². The van der Waals surface area contributed by atoms with Gasteiger partial charge in [-0.15, -0.1) is 0 Å². The molecule has 0 aromatic heterocycles. The number of rotatable bonds is 9. The van der Waals surface area contributed by atoms with Crippen LogP contribution >= 0.6 is 0 Å². The molecule has 1 heterocycles. The van der Waals surface area contributed by atoms with Gasteiger partial charge in [0.1, 0.15) is 22.9 Å². The largest absolute Gasteiger partial charge is 0.458 e. The third kappa shape index (κ3) is 6.73. The first kappa shape index (κ1) is 42.0. The summed E-state index contributed by atoms with van der Waals surface area (Å²) in [6, 6.07) is 0. The average molecular weight is 763 g/mol. The van der Waals surface area contributed by atoms with Crippen LogP contribution in [0.25, 0.3) is 0 Å². The van der Waals surface area contributed by atoms with Gasteiger partial charge in [-0.1, -0.05) is 38.0 Å². The Balaban J connectivity index is 1.47. The molecule has 0 aromatic rings. The molecule has 5 aliphatic rings. The van der Waals surface area contributed by atoms with E-state index in [1.165, 1.54) is 33.8 Å². The van der Waals surface area contributed by atoms with Crippen LogP contribution in [0.1, 0.15) is 114 Å². The van der Waals surface area contributed by atoms with Gasteiger partial charge in [0.2, 0.25) is 0 Å². The van der Waals surface area contributed by atoms with Gasteiger partial charge in [0.15, 0.2) is 30.4 Å². The van der Waals surface area contributed by atoms with Crippen LogP contribution in [0.5, 0.6) is 0 Å². The number of hydrogen-bond acceptors (Lipinski definition) is 14. The molecule has 1 aliphatic heterocycles. The van der Waals surface area contributed by atoms with Gasteiger partial charge in [0, 0.05) is 32.8 Å². The highest BCUT2D eigenvalue weighted by Crippen LogP contribution is 2.71. The smallest absolute Gasteiger partial charge is 0.330 e. The third-order valence-electron chi connectivity index (χ3n) is 13.6. The number of hydrogen-bond donors (Lipinski definition) is 3. The van der Waals surface area contributed by atoms with Crippen molar-refractivity contribution in [1.82, 2.24) is 0 Å². The Morgan fingerprint density at radius 1 is 0.852 bits per heavy atom. The van der Waals surface area contributed by atoms with Crippen LogP contribution in [0.4, 0.5) is 0 Å². The van der Waals surface area contributed by atoms with Gasteiger partial charge in [0.25, 0.3) is 0 Å². The maximum Gasteiger partial charge on any atom is 0.330 e. The topological polar surface area (TPSA) is 201 Å². The van der Waals surface area contributed by atoms with Crippen molar-refractivity contribution in [2.45, 2.75) is 174 Å². The minimum absolute atomic E-state index is 0.00797. The summed E-state index contributed by atoms with van der Waals surface area (Å²) in [4.78, 5) is 62.9. The number of carbonyl (C=O) groups is 5. The molecule has 1 saturated heterocycles. The van der Waals surface area contributed by atoms with E-state index in [-0.39, 0.29) is 31.6 Å². The lowest BCUT2D eigenvalue weighted by atomic mass is 9.42. The van der Waals surface area contributed by atoms with Crippen LogP contribution in [0.15, 0.2) is 23.3 Å². The normalized spacial score (nSPS) is 43.1. The Labute approximate surface area is 316 Å². The molecule has 0 radical (unpaired) electrons. The standard InChI is InChI=1S/C40H58O14/c1-20(2)21(3)17-31(45)54-30-19-29-36(9)13-12-28(18-27(36)11-14-39(29,47)40(48)16-15-38(46,23(5)41)37(30,40)10)53-35-34(52-26(8)44)33(51-25(7)43)32(22(4)49-35)50-24(6)42/h11,17,20,22,28-30,32-35,46-48H,12-16,18-19H2,1-10H3/b21-17+/t22-,28-,29+,30+,32+,33+,34-,35+,36-,37+,38+,39-,40+/m0/s1. The number of allylic oxidation sites excluding steroid dienone is 1. The van der Waals surface area contributed by atoms with Crippen molar-refractivity contribution < 1.29 is 67.7 Å². The number of fused-ring (bicyclic) bond motifs is 5. The second-order valence-electron chi connectivity index (χ2n) is 16.9. The van der Waals surface area contributed by atoms with Gasteiger partial charge < -0.3 is 43.7 Å². The zero-order valence-electron chi connectivity index (χ0n) is 33.1. The Bertz CT molecular complexity index is 1600. The SMILES string of the molecule is CC(=O)O[C@H]1[C@H](OC(C)=O)[C@@H](O[C@H]2CC[C@@]3(C)C(=CC[C@]4(O)[C@@H]3C[C@@H](OC(=O)/C=C(\C)C(C)C)[C@@]3(C)[C@]4(O)CC[C@@]3(O)C(C)=O)C2)O[C@@H](C)[C@H]1OC(C)=O. The number of Topliss-reactive ketones (excluding diaryl/α,β-unsaturated/α-hetero) is 1. The van der Waals surface area contributed by atoms with E-state index in [2.05, 4.69) is 0 Å². The lowest BCUT2D eigenvalue weighted by Crippen LogP contribution is -2.78. The van der Waals surface area contributed by atoms with Gasteiger partial charge in [0.05, 0.1) is 17.6 Å². The highest BCUT2D eigenvalue weighted by atomic mass is 16.7. The number of aliphatic hydroxyl groups is 3. The second-order valence-corrected chi connectivity index (χ2v) is 16.9. The molecule has 0 bridgehead atoms. The molecule has 3 N–H and O–H groups in total. The highest BCUT2D eigenvalue weighted by molar-refractivity contribution is 5.87. The Morgan fingerprint density at radius 2 is 1.44 bits per heavy atom. The molecule has 0 aromatic carbocycles. The van der Waals surface area contributed by atoms with Gasteiger partial charge in [-0.2, -0.15) is 0 Å². The predicted octanol–water partition coefficient (Wildman–Crippen LogP) is 3.55. The monoisotopic (exact) mass is 762 g/mol. The van der Waals surface area contributed by atoms with Gasteiger partial charge in [-0.3, -0.25) is 19.2 Å². The van der Waals surface area contributed by atoms with Crippen LogP contribution in [0.2, 0.25) is 0 Å². The van der Waals surface area contributed by atoms with Crippen molar-refractivity contribution in [3.63, 3.8) is 0 Å². The molecule has 4 aliphatic carbocycles. The minimum Gasteiger partial charge on any atom is -0.458 e. The second kappa shape index (κ2) is 14.7. The van der Waals surface area contributed by atoms with Crippen molar-refractivity contribution >= 4 is 29.7 Å². The van der Waals surface area contributed by atoms with Gasteiger partial charge >= 0.3 is 23.9 Å². The average Bonchev–Trinajstić information content (AvgIpc) is 3.29. The molecule has 4 fully saturated rings. The summed E-state index contributed by atoms with van der Waals surface area (Å²) in [6.07, 6.45) is -2.73. The fourth-order valence-corrected chi connectivity index (χ4v) is 10.3. The first-order chi connectivity index (χ1) is 24.9. The lowest BCUT2D eigenvalue weighted by molar-refractivity contribution is -0.319.